The molecular formula is C26H21F3N2O5. The summed E-state index contributed by atoms with van der Waals surface area (Å²) >= 11 is 0. The van der Waals surface area contributed by atoms with Crippen molar-refractivity contribution in [2.45, 2.75) is 31.2 Å². The van der Waals surface area contributed by atoms with Crippen molar-refractivity contribution in [1.82, 2.24) is 0 Å². The molecule has 4 rings (SSSR count). The third kappa shape index (κ3) is 4.64. The summed E-state index contributed by atoms with van der Waals surface area (Å²) in [4.78, 5) is 25.8. The van der Waals surface area contributed by atoms with Crippen molar-refractivity contribution >= 4 is 17.6 Å². The zero-order valence-electron chi connectivity index (χ0n) is 19.2. The number of amides is 1. The number of alkyl halides is 3. The van der Waals surface area contributed by atoms with Crippen LogP contribution in [0, 0.1) is 11.3 Å². The van der Waals surface area contributed by atoms with Crippen molar-refractivity contribution < 1.29 is 37.0 Å². The number of ether oxygens (including phenoxy) is 3. The SMILES string of the molecule is COC(=O)C1(Oc2cccc(C(=O)N(c3ccccc3)C(F)(F)F)c2)CCCC2=C1C=C(C#N)OC2. The second kappa shape index (κ2) is 9.77. The summed E-state index contributed by atoms with van der Waals surface area (Å²) in [5.74, 6) is -2.05. The van der Waals surface area contributed by atoms with E-state index in [0.717, 1.165) is 11.6 Å². The summed E-state index contributed by atoms with van der Waals surface area (Å²) in [6.07, 6.45) is -2.20. The number of benzene rings is 2. The molecule has 1 heterocycles. The van der Waals surface area contributed by atoms with Crippen molar-refractivity contribution in [1.29, 1.82) is 5.26 Å². The zero-order valence-corrected chi connectivity index (χ0v) is 19.2. The maximum atomic E-state index is 13.8. The third-order valence-electron chi connectivity index (χ3n) is 5.97. The van der Waals surface area contributed by atoms with Crippen molar-refractivity contribution in [2.24, 2.45) is 0 Å². The Balaban J connectivity index is 1.74. The van der Waals surface area contributed by atoms with E-state index < -0.39 is 23.8 Å². The highest BCUT2D eigenvalue weighted by molar-refractivity contribution is 6.06. The predicted molar refractivity (Wildman–Crippen MR) is 122 cm³/mol. The van der Waals surface area contributed by atoms with Crippen LogP contribution in [0.5, 0.6) is 5.75 Å². The summed E-state index contributed by atoms with van der Waals surface area (Å²) in [7, 11) is 1.19. The van der Waals surface area contributed by atoms with E-state index >= 15 is 0 Å². The van der Waals surface area contributed by atoms with Crippen LogP contribution in [0.15, 0.2) is 77.6 Å². The first kappa shape index (κ1) is 24.9. The number of hydrogen-bond donors (Lipinski definition) is 0. The number of carbonyl (C=O) groups excluding carboxylic acids is 2. The largest absolute Gasteiger partial charge is 0.491 e. The zero-order chi connectivity index (χ0) is 25.9. The molecule has 0 spiro atoms. The Labute approximate surface area is 205 Å². The Morgan fingerprint density at radius 3 is 2.56 bits per heavy atom. The molecule has 0 N–H and O–H groups in total. The lowest BCUT2D eigenvalue weighted by molar-refractivity contribution is -0.156. The highest BCUT2D eigenvalue weighted by Crippen LogP contribution is 2.42. The van der Waals surface area contributed by atoms with Gasteiger partial charge in [-0.3, -0.25) is 4.79 Å². The van der Waals surface area contributed by atoms with Gasteiger partial charge in [-0.1, -0.05) is 24.3 Å². The van der Waals surface area contributed by atoms with Crippen LogP contribution in [0.1, 0.15) is 29.6 Å². The number of anilines is 1. The maximum Gasteiger partial charge on any atom is 0.491 e. The number of methoxy groups -OCH3 is 1. The molecule has 1 aliphatic heterocycles. The molecule has 10 heteroatoms. The Hall–Kier alpha value is -4.26. The van der Waals surface area contributed by atoms with Gasteiger partial charge in [-0.15, -0.1) is 13.2 Å². The van der Waals surface area contributed by atoms with Crippen molar-refractivity contribution in [3.63, 3.8) is 0 Å². The molecule has 2 aromatic carbocycles. The molecule has 1 aliphatic carbocycles. The van der Waals surface area contributed by atoms with Crippen LogP contribution in [0.25, 0.3) is 0 Å². The molecule has 0 radical (unpaired) electrons. The Bertz CT molecular complexity index is 1280. The molecule has 1 atom stereocenters. The minimum absolute atomic E-state index is 0.000127. The normalized spacial score (nSPS) is 19.2. The Morgan fingerprint density at radius 1 is 1.14 bits per heavy atom. The van der Waals surface area contributed by atoms with E-state index in [-0.39, 0.29) is 40.7 Å². The predicted octanol–water partition coefficient (Wildman–Crippen LogP) is 5.06. The molecule has 0 saturated carbocycles. The summed E-state index contributed by atoms with van der Waals surface area (Å²) < 4.78 is 58.1. The van der Waals surface area contributed by atoms with Crippen molar-refractivity contribution in [3.8, 4) is 11.8 Å². The Kier molecular flexibility index (Phi) is 6.75. The fourth-order valence-electron chi connectivity index (χ4n) is 4.38. The molecular weight excluding hydrogens is 477 g/mol. The molecule has 2 aliphatic rings. The number of esters is 1. The number of allylic oxidation sites excluding steroid dienone is 1. The van der Waals surface area contributed by atoms with Gasteiger partial charge in [0.2, 0.25) is 5.60 Å². The fraction of sp³-hybridized carbons (Fsp3) is 0.269. The maximum absolute atomic E-state index is 13.8. The van der Waals surface area contributed by atoms with E-state index in [1.807, 2.05) is 6.07 Å². The molecule has 0 bridgehead atoms. The van der Waals surface area contributed by atoms with Gasteiger partial charge in [0.1, 0.15) is 18.4 Å². The fourth-order valence-corrected chi connectivity index (χ4v) is 4.38. The Morgan fingerprint density at radius 2 is 1.89 bits per heavy atom. The summed E-state index contributed by atoms with van der Waals surface area (Å²) in [5.41, 5.74) is -1.12. The van der Waals surface area contributed by atoms with Gasteiger partial charge in [0, 0.05) is 17.6 Å². The topological polar surface area (TPSA) is 88.9 Å². The first-order valence-electron chi connectivity index (χ1n) is 11.0. The van der Waals surface area contributed by atoms with Gasteiger partial charge in [0.25, 0.3) is 5.91 Å². The van der Waals surface area contributed by atoms with Gasteiger partial charge in [-0.05, 0) is 54.8 Å². The standard InChI is InChI=1S/C26H21F3N2O5/c1-34-24(33)25(12-6-8-18-16-35-21(15-30)14-22(18)25)36-20-11-5-7-17(13-20)23(32)31(26(27,28)29)19-9-3-2-4-10-19/h2-5,7,9-11,13-14H,6,8,12,16H2,1H3. The van der Waals surface area contributed by atoms with E-state index in [9.17, 15) is 28.0 Å². The third-order valence-corrected chi connectivity index (χ3v) is 5.97. The molecule has 1 amide bonds. The van der Waals surface area contributed by atoms with Crippen LogP contribution in [0.2, 0.25) is 0 Å². The van der Waals surface area contributed by atoms with Crippen LogP contribution in [-0.2, 0) is 14.3 Å². The molecule has 36 heavy (non-hydrogen) atoms. The molecule has 0 fully saturated rings. The second-order valence-electron chi connectivity index (χ2n) is 8.17. The molecule has 2 aromatic rings. The number of hydrogen-bond acceptors (Lipinski definition) is 6. The quantitative estimate of drug-likeness (QED) is 0.423. The lowest BCUT2D eigenvalue weighted by Gasteiger charge is -2.39. The first-order chi connectivity index (χ1) is 17.2. The number of carbonyl (C=O) groups is 2. The minimum Gasteiger partial charge on any atom is -0.479 e. The number of halogens is 3. The molecule has 0 aromatic heterocycles. The minimum atomic E-state index is -4.98. The average Bonchev–Trinajstić information content (AvgIpc) is 2.88. The van der Waals surface area contributed by atoms with Crippen molar-refractivity contribution in [3.05, 3.63) is 83.1 Å². The van der Waals surface area contributed by atoms with E-state index in [4.69, 9.17) is 14.2 Å². The highest BCUT2D eigenvalue weighted by atomic mass is 19.4. The van der Waals surface area contributed by atoms with E-state index in [2.05, 4.69) is 0 Å². The summed E-state index contributed by atoms with van der Waals surface area (Å²) in [6.45, 7) is 0.104. The lowest BCUT2D eigenvalue weighted by atomic mass is 9.77. The molecule has 1 unspecified atom stereocenters. The van der Waals surface area contributed by atoms with Crippen LogP contribution in [0.4, 0.5) is 18.9 Å². The average molecular weight is 498 g/mol. The summed E-state index contributed by atoms with van der Waals surface area (Å²) in [5, 5.41) is 9.29. The van der Waals surface area contributed by atoms with Gasteiger partial charge in [0.05, 0.1) is 12.8 Å². The molecule has 7 nitrogen and oxygen atoms in total. The van der Waals surface area contributed by atoms with Gasteiger partial charge < -0.3 is 14.2 Å². The van der Waals surface area contributed by atoms with Gasteiger partial charge in [-0.25, -0.2) is 9.69 Å². The van der Waals surface area contributed by atoms with Crippen LogP contribution < -0.4 is 9.64 Å². The molecule has 0 saturated heterocycles. The van der Waals surface area contributed by atoms with E-state index in [1.165, 1.54) is 55.7 Å². The number of nitriles is 1. The molecule has 186 valence electrons. The van der Waals surface area contributed by atoms with Gasteiger partial charge in [-0.2, -0.15) is 5.26 Å². The van der Waals surface area contributed by atoms with Gasteiger partial charge >= 0.3 is 12.3 Å². The second-order valence-corrected chi connectivity index (χ2v) is 8.17. The van der Waals surface area contributed by atoms with Crippen LogP contribution >= 0.6 is 0 Å². The van der Waals surface area contributed by atoms with E-state index in [0.29, 0.717) is 18.4 Å². The summed E-state index contributed by atoms with van der Waals surface area (Å²) in [6, 6.07) is 13.8. The van der Waals surface area contributed by atoms with Crippen LogP contribution in [-0.4, -0.2) is 37.5 Å². The van der Waals surface area contributed by atoms with Gasteiger partial charge in [0.15, 0.2) is 5.76 Å². The van der Waals surface area contributed by atoms with Crippen molar-refractivity contribution in [2.75, 3.05) is 18.6 Å². The lowest BCUT2D eigenvalue weighted by Crippen LogP contribution is -2.50. The van der Waals surface area contributed by atoms with E-state index in [1.54, 1.807) is 6.07 Å². The highest BCUT2D eigenvalue weighted by Gasteiger charge is 2.49. The number of nitrogens with zero attached hydrogens (tertiary/aromatic N) is 2. The smallest absolute Gasteiger partial charge is 0.479 e. The number of rotatable bonds is 5. The first-order valence-corrected chi connectivity index (χ1v) is 11.0. The monoisotopic (exact) mass is 498 g/mol. The van der Waals surface area contributed by atoms with Crippen LogP contribution in [0.3, 0.4) is 0 Å². The number of para-hydroxylation sites is 1.